The largest absolute Gasteiger partial charge is 0.399 e. The van der Waals surface area contributed by atoms with E-state index < -0.39 is 5.54 Å². The molecule has 0 radical (unpaired) electrons. The number of nitrogen functional groups attached to an aromatic ring is 1. The van der Waals surface area contributed by atoms with Crippen LogP contribution in [0.5, 0.6) is 0 Å². The Morgan fingerprint density at radius 1 is 1.21 bits per heavy atom. The van der Waals surface area contributed by atoms with Gasteiger partial charge in [0.15, 0.2) is 0 Å². The molecule has 6 N–H and O–H groups in total. The summed E-state index contributed by atoms with van der Waals surface area (Å²) in [5.41, 5.74) is 23.1. The van der Waals surface area contributed by atoms with Crippen LogP contribution in [0.2, 0.25) is 0 Å². The lowest BCUT2D eigenvalue weighted by Gasteiger charge is -2.17. The summed E-state index contributed by atoms with van der Waals surface area (Å²) < 4.78 is 0. The molecule has 0 aliphatic heterocycles. The SMILES string of the molecule is C=C/C(=C\C=C(/C)c1cccc(N)c1)C1=CC(C)(N)C=CC=C1N. The van der Waals surface area contributed by atoms with Gasteiger partial charge in [-0.15, -0.1) is 0 Å². The van der Waals surface area contributed by atoms with E-state index in [1.54, 1.807) is 6.08 Å². The summed E-state index contributed by atoms with van der Waals surface area (Å²) in [6.45, 7) is 7.89. The third kappa shape index (κ3) is 4.37. The summed E-state index contributed by atoms with van der Waals surface area (Å²) in [7, 11) is 0. The topological polar surface area (TPSA) is 78.1 Å². The third-order valence-corrected chi connectivity index (χ3v) is 3.88. The molecule has 1 atom stereocenters. The first kappa shape index (κ1) is 17.6. The Hall–Kier alpha value is -2.78. The summed E-state index contributed by atoms with van der Waals surface area (Å²) in [6, 6.07) is 7.80. The molecular formula is C21H25N3. The van der Waals surface area contributed by atoms with Gasteiger partial charge in [0.2, 0.25) is 0 Å². The fourth-order valence-electron chi connectivity index (χ4n) is 2.50. The second-order valence-corrected chi connectivity index (χ2v) is 6.21. The molecule has 1 unspecified atom stereocenters. The quantitative estimate of drug-likeness (QED) is 0.583. The molecule has 0 fully saturated rings. The Kier molecular flexibility index (Phi) is 5.27. The second kappa shape index (κ2) is 7.20. The average molecular weight is 319 g/mol. The second-order valence-electron chi connectivity index (χ2n) is 6.21. The predicted octanol–water partition coefficient (Wildman–Crippen LogP) is 3.84. The number of benzene rings is 1. The van der Waals surface area contributed by atoms with Gasteiger partial charge < -0.3 is 17.2 Å². The van der Waals surface area contributed by atoms with Crippen molar-refractivity contribution in [2.24, 2.45) is 11.5 Å². The van der Waals surface area contributed by atoms with E-state index in [2.05, 4.69) is 6.58 Å². The molecular weight excluding hydrogens is 294 g/mol. The molecule has 1 aliphatic rings. The highest BCUT2D eigenvalue weighted by atomic mass is 14.7. The molecule has 0 spiro atoms. The van der Waals surface area contributed by atoms with E-state index in [9.17, 15) is 0 Å². The van der Waals surface area contributed by atoms with E-state index in [0.717, 1.165) is 28.0 Å². The fourth-order valence-corrected chi connectivity index (χ4v) is 2.50. The van der Waals surface area contributed by atoms with E-state index in [0.29, 0.717) is 5.70 Å². The van der Waals surface area contributed by atoms with Crippen molar-refractivity contribution in [2.45, 2.75) is 19.4 Å². The lowest BCUT2D eigenvalue weighted by Crippen LogP contribution is -2.31. The van der Waals surface area contributed by atoms with E-state index in [1.165, 1.54) is 0 Å². The zero-order valence-corrected chi connectivity index (χ0v) is 14.3. The summed E-state index contributed by atoms with van der Waals surface area (Å²) >= 11 is 0. The number of hydrogen-bond acceptors (Lipinski definition) is 3. The Bertz CT molecular complexity index is 787. The van der Waals surface area contributed by atoms with Crippen LogP contribution in [0.4, 0.5) is 5.69 Å². The smallest absolute Gasteiger partial charge is 0.0509 e. The maximum Gasteiger partial charge on any atom is 0.0509 e. The van der Waals surface area contributed by atoms with Gasteiger partial charge in [-0.2, -0.15) is 0 Å². The monoisotopic (exact) mass is 319 g/mol. The van der Waals surface area contributed by atoms with Crippen LogP contribution < -0.4 is 17.2 Å². The average Bonchev–Trinajstić information content (AvgIpc) is 2.66. The summed E-state index contributed by atoms with van der Waals surface area (Å²) in [5.74, 6) is 0. The van der Waals surface area contributed by atoms with Crippen LogP contribution in [-0.4, -0.2) is 5.54 Å². The summed E-state index contributed by atoms with van der Waals surface area (Å²) in [4.78, 5) is 0. The minimum Gasteiger partial charge on any atom is -0.399 e. The molecule has 1 aliphatic carbocycles. The van der Waals surface area contributed by atoms with Gasteiger partial charge in [-0.25, -0.2) is 0 Å². The van der Waals surface area contributed by atoms with Crippen molar-refractivity contribution in [2.75, 3.05) is 5.73 Å². The standard InChI is InChI=1S/C21H25N3/c1-4-16(19-14-21(3,24)12-6-9-20(19)23)11-10-15(2)17-7-5-8-18(22)13-17/h4-14H,1,22-24H2,2-3H3/b15-10+,16-11+. The molecule has 3 heteroatoms. The first-order valence-corrected chi connectivity index (χ1v) is 7.87. The number of hydrogen-bond donors (Lipinski definition) is 3. The summed E-state index contributed by atoms with van der Waals surface area (Å²) in [5, 5.41) is 0. The number of rotatable bonds is 4. The van der Waals surface area contributed by atoms with Gasteiger partial charge in [-0.3, -0.25) is 0 Å². The Labute approximate surface area is 144 Å². The highest BCUT2D eigenvalue weighted by Crippen LogP contribution is 2.25. The van der Waals surface area contributed by atoms with Gasteiger partial charge in [0.25, 0.3) is 0 Å². The van der Waals surface area contributed by atoms with Crippen LogP contribution in [0.3, 0.4) is 0 Å². The van der Waals surface area contributed by atoms with Gasteiger partial charge in [0, 0.05) is 17.0 Å². The normalized spacial score (nSPS) is 21.8. The van der Waals surface area contributed by atoms with Crippen LogP contribution >= 0.6 is 0 Å². The van der Waals surface area contributed by atoms with Crippen molar-refractivity contribution >= 4 is 11.3 Å². The van der Waals surface area contributed by atoms with Crippen molar-refractivity contribution in [3.8, 4) is 0 Å². The summed E-state index contributed by atoms with van der Waals surface area (Å²) in [6.07, 6.45) is 13.4. The van der Waals surface area contributed by atoms with Crippen molar-refractivity contribution in [1.82, 2.24) is 0 Å². The zero-order valence-electron chi connectivity index (χ0n) is 14.3. The van der Waals surface area contributed by atoms with E-state index >= 15 is 0 Å². The van der Waals surface area contributed by atoms with Gasteiger partial charge >= 0.3 is 0 Å². The maximum absolute atomic E-state index is 6.24. The molecule has 0 heterocycles. The molecule has 0 saturated carbocycles. The Balaban J connectivity index is 2.40. The number of nitrogens with two attached hydrogens (primary N) is 3. The van der Waals surface area contributed by atoms with Gasteiger partial charge in [0.1, 0.15) is 0 Å². The first-order valence-electron chi connectivity index (χ1n) is 7.87. The molecule has 2 rings (SSSR count). The van der Waals surface area contributed by atoms with Gasteiger partial charge in [-0.05, 0) is 48.8 Å². The molecule has 0 saturated heterocycles. The maximum atomic E-state index is 6.24. The molecule has 0 amide bonds. The number of allylic oxidation sites excluding steroid dienone is 7. The van der Waals surface area contributed by atoms with Crippen LogP contribution in [0.15, 0.2) is 90.2 Å². The van der Waals surface area contributed by atoms with Crippen LogP contribution in [0, 0.1) is 0 Å². The van der Waals surface area contributed by atoms with Crippen LogP contribution in [-0.2, 0) is 0 Å². The van der Waals surface area contributed by atoms with E-state index in [-0.39, 0.29) is 0 Å². The van der Waals surface area contributed by atoms with E-state index in [4.69, 9.17) is 17.2 Å². The van der Waals surface area contributed by atoms with Crippen molar-refractivity contribution in [3.05, 3.63) is 95.8 Å². The van der Waals surface area contributed by atoms with E-state index in [1.807, 2.05) is 74.6 Å². The van der Waals surface area contributed by atoms with Crippen LogP contribution in [0.1, 0.15) is 19.4 Å². The highest BCUT2D eigenvalue weighted by Gasteiger charge is 2.17. The highest BCUT2D eigenvalue weighted by molar-refractivity contribution is 5.69. The predicted molar refractivity (Wildman–Crippen MR) is 105 cm³/mol. The Morgan fingerprint density at radius 2 is 1.96 bits per heavy atom. The van der Waals surface area contributed by atoms with Gasteiger partial charge in [0.05, 0.1) is 5.54 Å². The zero-order chi connectivity index (χ0) is 17.7. The minimum absolute atomic E-state index is 0.554. The lowest BCUT2D eigenvalue weighted by atomic mass is 9.94. The molecule has 0 bridgehead atoms. The third-order valence-electron chi connectivity index (χ3n) is 3.88. The Morgan fingerprint density at radius 3 is 2.62 bits per heavy atom. The van der Waals surface area contributed by atoms with Crippen molar-refractivity contribution in [1.29, 1.82) is 0 Å². The van der Waals surface area contributed by atoms with Crippen molar-refractivity contribution in [3.63, 3.8) is 0 Å². The lowest BCUT2D eigenvalue weighted by molar-refractivity contribution is 0.732. The fraction of sp³-hybridized carbons (Fsp3) is 0.143. The van der Waals surface area contributed by atoms with Gasteiger partial charge in [-0.1, -0.05) is 55.2 Å². The van der Waals surface area contributed by atoms with Crippen LogP contribution in [0.25, 0.3) is 5.57 Å². The minimum atomic E-state index is -0.554. The number of anilines is 1. The molecule has 0 aromatic heterocycles. The molecule has 124 valence electrons. The molecule has 1 aromatic carbocycles. The van der Waals surface area contributed by atoms with Crippen molar-refractivity contribution < 1.29 is 0 Å². The molecule has 24 heavy (non-hydrogen) atoms. The molecule has 1 aromatic rings. The first-order chi connectivity index (χ1) is 11.3. The molecule has 3 nitrogen and oxygen atoms in total.